The molecule has 0 fully saturated rings. The van der Waals surface area contributed by atoms with E-state index in [0.717, 1.165) is 29.7 Å². The summed E-state index contributed by atoms with van der Waals surface area (Å²) in [6.07, 6.45) is 1.52. The average molecular weight is 305 g/mol. The summed E-state index contributed by atoms with van der Waals surface area (Å²) in [5, 5.41) is 9.17. The molecule has 1 aromatic carbocycles. The first kappa shape index (κ1) is 18.2. The van der Waals surface area contributed by atoms with Gasteiger partial charge < -0.3 is 10.0 Å². The molecule has 1 N–H and O–H groups in total. The topological polar surface area (TPSA) is 57.6 Å². The van der Waals surface area contributed by atoms with Crippen molar-refractivity contribution in [1.82, 2.24) is 0 Å². The van der Waals surface area contributed by atoms with Gasteiger partial charge in [-0.15, -0.1) is 0 Å². The minimum absolute atomic E-state index is 0.0151. The maximum Gasteiger partial charge on any atom is 0.308 e. The molecule has 0 spiro atoms. The Hall–Kier alpha value is -1.84. The highest BCUT2D eigenvalue weighted by atomic mass is 16.4. The van der Waals surface area contributed by atoms with Crippen LogP contribution in [-0.2, 0) is 9.59 Å². The fraction of sp³-hybridized carbons (Fsp3) is 0.556. The highest BCUT2D eigenvalue weighted by Crippen LogP contribution is 2.24. The van der Waals surface area contributed by atoms with Crippen LogP contribution < -0.4 is 4.90 Å². The van der Waals surface area contributed by atoms with E-state index in [1.165, 1.54) is 0 Å². The number of hydrogen-bond acceptors (Lipinski definition) is 2. The molecule has 0 radical (unpaired) electrons. The molecular weight excluding hydrogens is 278 g/mol. The zero-order chi connectivity index (χ0) is 16.9. The lowest BCUT2D eigenvalue weighted by Crippen LogP contribution is -2.40. The maximum atomic E-state index is 12.8. The van der Waals surface area contributed by atoms with Crippen molar-refractivity contribution in [2.75, 3.05) is 11.4 Å². The van der Waals surface area contributed by atoms with Gasteiger partial charge >= 0.3 is 5.97 Å². The quantitative estimate of drug-likeness (QED) is 0.833. The van der Waals surface area contributed by atoms with E-state index in [-0.39, 0.29) is 18.4 Å². The Morgan fingerprint density at radius 3 is 2.18 bits per heavy atom. The standard InChI is InChI=1S/C18H27NO3/c1-6-15(7-2)17(20)19(11-14(5)18(21)22)16-9-8-12(3)13(4)10-16/h8-10,14-15H,6-7,11H2,1-5H3,(H,21,22). The van der Waals surface area contributed by atoms with Crippen molar-refractivity contribution in [3.8, 4) is 0 Å². The number of aliphatic carboxylic acids is 1. The molecule has 0 saturated heterocycles. The average Bonchev–Trinajstić information content (AvgIpc) is 2.48. The molecule has 0 aliphatic carbocycles. The zero-order valence-corrected chi connectivity index (χ0v) is 14.2. The number of benzene rings is 1. The number of aryl methyl sites for hydroxylation is 2. The SMILES string of the molecule is CCC(CC)C(=O)N(CC(C)C(=O)O)c1ccc(C)c(C)c1. The second kappa shape index (κ2) is 7.97. The minimum Gasteiger partial charge on any atom is -0.481 e. The van der Waals surface area contributed by atoms with Crippen LogP contribution in [0.4, 0.5) is 5.69 Å². The Morgan fingerprint density at radius 2 is 1.73 bits per heavy atom. The van der Waals surface area contributed by atoms with E-state index >= 15 is 0 Å². The van der Waals surface area contributed by atoms with Gasteiger partial charge in [-0.3, -0.25) is 9.59 Å². The minimum atomic E-state index is -0.883. The first-order valence-corrected chi connectivity index (χ1v) is 7.93. The van der Waals surface area contributed by atoms with Crippen LogP contribution in [0.2, 0.25) is 0 Å². The molecule has 0 heterocycles. The molecule has 1 rings (SSSR count). The molecule has 0 aromatic heterocycles. The number of hydrogen-bond donors (Lipinski definition) is 1. The van der Waals surface area contributed by atoms with E-state index in [1.807, 2.05) is 45.9 Å². The summed E-state index contributed by atoms with van der Waals surface area (Å²) in [7, 11) is 0. The summed E-state index contributed by atoms with van der Waals surface area (Å²) >= 11 is 0. The Kier molecular flexibility index (Phi) is 6.60. The lowest BCUT2D eigenvalue weighted by Gasteiger charge is -2.28. The number of carbonyl (C=O) groups excluding carboxylic acids is 1. The van der Waals surface area contributed by atoms with E-state index in [9.17, 15) is 14.7 Å². The number of amides is 1. The molecule has 0 aliphatic heterocycles. The molecule has 22 heavy (non-hydrogen) atoms. The summed E-state index contributed by atoms with van der Waals surface area (Å²) in [6, 6.07) is 5.84. The summed E-state index contributed by atoms with van der Waals surface area (Å²) in [5.41, 5.74) is 3.04. The van der Waals surface area contributed by atoms with Gasteiger partial charge in [0.1, 0.15) is 0 Å². The lowest BCUT2D eigenvalue weighted by molar-refractivity contribution is -0.140. The van der Waals surface area contributed by atoms with Crippen LogP contribution in [-0.4, -0.2) is 23.5 Å². The number of rotatable bonds is 7. The second-order valence-corrected chi connectivity index (χ2v) is 5.97. The van der Waals surface area contributed by atoms with Crippen LogP contribution in [0.3, 0.4) is 0 Å². The van der Waals surface area contributed by atoms with Gasteiger partial charge in [-0.25, -0.2) is 0 Å². The third-order valence-corrected chi connectivity index (χ3v) is 4.28. The fourth-order valence-electron chi connectivity index (χ4n) is 2.43. The van der Waals surface area contributed by atoms with Crippen molar-refractivity contribution in [2.24, 2.45) is 11.8 Å². The van der Waals surface area contributed by atoms with Gasteiger partial charge in [-0.2, -0.15) is 0 Å². The number of carboxylic acids is 1. The number of nitrogens with zero attached hydrogens (tertiary/aromatic N) is 1. The number of anilines is 1. The van der Waals surface area contributed by atoms with Gasteiger partial charge in [0.2, 0.25) is 5.91 Å². The fourth-order valence-corrected chi connectivity index (χ4v) is 2.43. The van der Waals surface area contributed by atoms with E-state index in [4.69, 9.17) is 0 Å². The normalized spacial score (nSPS) is 12.3. The monoisotopic (exact) mass is 305 g/mol. The van der Waals surface area contributed by atoms with E-state index < -0.39 is 11.9 Å². The summed E-state index contributed by atoms with van der Waals surface area (Å²) in [6.45, 7) is 9.84. The molecule has 1 aromatic rings. The van der Waals surface area contributed by atoms with Crippen LogP contribution in [0.25, 0.3) is 0 Å². The second-order valence-electron chi connectivity index (χ2n) is 5.97. The molecule has 0 saturated carbocycles. The van der Waals surface area contributed by atoms with E-state index in [2.05, 4.69) is 0 Å². The van der Waals surface area contributed by atoms with Crippen molar-refractivity contribution >= 4 is 17.6 Å². The predicted octanol–water partition coefficient (Wildman–Crippen LogP) is 3.79. The van der Waals surface area contributed by atoms with Crippen molar-refractivity contribution in [3.63, 3.8) is 0 Å². The summed E-state index contributed by atoms with van der Waals surface area (Å²) in [4.78, 5) is 25.6. The van der Waals surface area contributed by atoms with Gasteiger partial charge in [0.25, 0.3) is 0 Å². The third-order valence-electron chi connectivity index (χ3n) is 4.28. The van der Waals surface area contributed by atoms with E-state index in [1.54, 1.807) is 11.8 Å². The molecule has 1 amide bonds. The first-order chi connectivity index (χ1) is 10.3. The highest BCUT2D eigenvalue weighted by Gasteiger charge is 2.26. The van der Waals surface area contributed by atoms with Crippen LogP contribution in [0.15, 0.2) is 18.2 Å². The Labute approximate surface area is 133 Å². The van der Waals surface area contributed by atoms with Gasteiger partial charge in [0.05, 0.1) is 5.92 Å². The van der Waals surface area contributed by atoms with Crippen LogP contribution in [0, 0.1) is 25.7 Å². The summed E-state index contributed by atoms with van der Waals surface area (Å²) < 4.78 is 0. The lowest BCUT2D eigenvalue weighted by atomic mass is 9.99. The molecule has 122 valence electrons. The van der Waals surface area contributed by atoms with Crippen LogP contribution >= 0.6 is 0 Å². The van der Waals surface area contributed by atoms with Crippen molar-refractivity contribution in [3.05, 3.63) is 29.3 Å². The van der Waals surface area contributed by atoms with Gasteiger partial charge in [-0.1, -0.05) is 26.8 Å². The Balaban J connectivity index is 3.17. The highest BCUT2D eigenvalue weighted by molar-refractivity contribution is 5.95. The van der Waals surface area contributed by atoms with E-state index in [0.29, 0.717) is 0 Å². The van der Waals surface area contributed by atoms with Gasteiger partial charge in [-0.05, 0) is 49.9 Å². The van der Waals surface area contributed by atoms with Crippen molar-refractivity contribution < 1.29 is 14.7 Å². The molecule has 0 aliphatic rings. The van der Waals surface area contributed by atoms with Crippen molar-refractivity contribution in [1.29, 1.82) is 0 Å². The number of carboxylic acid groups (broad SMARTS) is 1. The molecule has 4 heteroatoms. The largest absolute Gasteiger partial charge is 0.481 e. The van der Waals surface area contributed by atoms with Crippen LogP contribution in [0.5, 0.6) is 0 Å². The molecule has 4 nitrogen and oxygen atoms in total. The molecule has 1 unspecified atom stereocenters. The smallest absolute Gasteiger partial charge is 0.308 e. The number of carbonyl (C=O) groups is 2. The Morgan fingerprint density at radius 1 is 1.14 bits per heavy atom. The predicted molar refractivity (Wildman–Crippen MR) is 89.1 cm³/mol. The van der Waals surface area contributed by atoms with Gasteiger partial charge in [0, 0.05) is 18.2 Å². The first-order valence-electron chi connectivity index (χ1n) is 7.93. The zero-order valence-electron chi connectivity index (χ0n) is 14.2. The third kappa shape index (κ3) is 4.33. The molecule has 1 atom stereocenters. The maximum absolute atomic E-state index is 12.8. The van der Waals surface area contributed by atoms with Crippen LogP contribution in [0.1, 0.15) is 44.7 Å². The molecular formula is C18H27NO3. The Bertz CT molecular complexity index is 535. The summed E-state index contributed by atoms with van der Waals surface area (Å²) in [5.74, 6) is -1.53. The van der Waals surface area contributed by atoms with Gasteiger partial charge in [0.15, 0.2) is 0 Å². The molecule has 0 bridgehead atoms. The van der Waals surface area contributed by atoms with Crippen molar-refractivity contribution in [2.45, 2.75) is 47.5 Å².